The molecule has 0 aliphatic carbocycles. The van der Waals surface area contributed by atoms with Crippen LogP contribution >= 0.6 is 0 Å². The maximum Gasteiger partial charge on any atom is 0.295 e. The predicted molar refractivity (Wildman–Crippen MR) is 43.9 cm³/mol. The number of rotatable bonds is 1. The molecule has 6 heteroatoms. The van der Waals surface area contributed by atoms with Crippen molar-refractivity contribution >= 4 is 5.91 Å². The van der Waals surface area contributed by atoms with E-state index < -0.39 is 0 Å². The average molecular weight is 181 g/mol. The fraction of sp³-hybridized carbons (Fsp3) is 0.714. The van der Waals surface area contributed by atoms with Crippen LogP contribution in [0.1, 0.15) is 24.0 Å². The summed E-state index contributed by atoms with van der Waals surface area (Å²) in [6.07, 6.45) is 1.06. The van der Waals surface area contributed by atoms with Crippen LogP contribution in [0.5, 0.6) is 0 Å². The van der Waals surface area contributed by atoms with Gasteiger partial charge >= 0.3 is 0 Å². The minimum absolute atomic E-state index is 0.127. The van der Waals surface area contributed by atoms with E-state index in [1.54, 1.807) is 4.90 Å². The molecule has 1 N–H and O–H groups in total. The van der Waals surface area contributed by atoms with E-state index in [0.29, 0.717) is 5.92 Å². The van der Waals surface area contributed by atoms with Crippen LogP contribution < -0.4 is 0 Å². The first-order valence-corrected chi connectivity index (χ1v) is 4.30. The highest BCUT2D eigenvalue weighted by atomic mass is 16.2. The second-order valence-electron chi connectivity index (χ2n) is 3.38. The Balaban J connectivity index is 2.06. The van der Waals surface area contributed by atoms with Crippen molar-refractivity contribution in [3.63, 3.8) is 0 Å². The largest absolute Gasteiger partial charge is 0.336 e. The van der Waals surface area contributed by atoms with Crippen LogP contribution in [0.4, 0.5) is 0 Å². The number of hydrogen-bond donors (Lipinski definition) is 1. The monoisotopic (exact) mass is 181 g/mol. The minimum atomic E-state index is -0.127. The van der Waals surface area contributed by atoms with Crippen molar-refractivity contribution in [1.29, 1.82) is 0 Å². The quantitative estimate of drug-likeness (QED) is 0.644. The van der Waals surface area contributed by atoms with Crippen LogP contribution in [-0.2, 0) is 0 Å². The molecule has 0 saturated carbocycles. The SMILES string of the molecule is CC1CCN(C(=O)c2nn[nH]n2)C1. The van der Waals surface area contributed by atoms with Crippen molar-refractivity contribution in [3.8, 4) is 0 Å². The normalized spacial score (nSPS) is 22.2. The molecule has 1 aromatic rings. The highest BCUT2D eigenvalue weighted by molar-refractivity contribution is 5.90. The molecule has 0 radical (unpaired) electrons. The van der Waals surface area contributed by atoms with Crippen molar-refractivity contribution < 1.29 is 4.79 Å². The number of aromatic amines is 1. The lowest BCUT2D eigenvalue weighted by atomic mass is 10.2. The molecule has 2 heterocycles. The van der Waals surface area contributed by atoms with Crippen molar-refractivity contribution in [3.05, 3.63) is 5.82 Å². The Hall–Kier alpha value is -1.46. The zero-order valence-corrected chi connectivity index (χ0v) is 7.40. The van der Waals surface area contributed by atoms with Gasteiger partial charge in [-0.05, 0) is 17.6 Å². The van der Waals surface area contributed by atoms with Gasteiger partial charge in [0, 0.05) is 13.1 Å². The Kier molecular flexibility index (Phi) is 1.96. The Morgan fingerprint density at radius 2 is 2.54 bits per heavy atom. The molecule has 1 saturated heterocycles. The van der Waals surface area contributed by atoms with E-state index in [2.05, 4.69) is 27.5 Å². The topological polar surface area (TPSA) is 74.8 Å². The van der Waals surface area contributed by atoms with E-state index in [4.69, 9.17) is 0 Å². The average Bonchev–Trinajstić information content (AvgIpc) is 2.72. The van der Waals surface area contributed by atoms with Gasteiger partial charge < -0.3 is 4.90 Å². The van der Waals surface area contributed by atoms with Crippen molar-refractivity contribution in [2.24, 2.45) is 5.92 Å². The lowest BCUT2D eigenvalue weighted by Crippen LogP contribution is -2.29. The summed E-state index contributed by atoms with van der Waals surface area (Å²) in [6, 6.07) is 0. The Morgan fingerprint density at radius 3 is 3.08 bits per heavy atom. The molecule has 1 aliphatic heterocycles. The highest BCUT2D eigenvalue weighted by Gasteiger charge is 2.26. The molecule has 1 fully saturated rings. The van der Waals surface area contributed by atoms with E-state index in [1.807, 2.05) is 0 Å². The number of nitrogens with one attached hydrogen (secondary N) is 1. The summed E-state index contributed by atoms with van der Waals surface area (Å²) in [7, 11) is 0. The van der Waals surface area contributed by atoms with Gasteiger partial charge in [0.25, 0.3) is 11.7 Å². The van der Waals surface area contributed by atoms with Crippen molar-refractivity contribution in [2.45, 2.75) is 13.3 Å². The van der Waals surface area contributed by atoms with Gasteiger partial charge in [-0.2, -0.15) is 5.21 Å². The zero-order valence-electron chi connectivity index (χ0n) is 7.40. The summed E-state index contributed by atoms with van der Waals surface area (Å²) in [5.41, 5.74) is 0. The van der Waals surface area contributed by atoms with Gasteiger partial charge in [0.15, 0.2) is 0 Å². The predicted octanol–water partition coefficient (Wildman–Crippen LogP) is -0.318. The van der Waals surface area contributed by atoms with Gasteiger partial charge in [-0.25, -0.2) is 0 Å². The molecule has 0 bridgehead atoms. The third kappa shape index (κ3) is 1.51. The molecule has 0 aromatic carbocycles. The molecule has 70 valence electrons. The van der Waals surface area contributed by atoms with Gasteiger partial charge in [-0.1, -0.05) is 6.92 Å². The number of nitrogens with zero attached hydrogens (tertiary/aromatic N) is 4. The molecule has 13 heavy (non-hydrogen) atoms. The molecule has 1 aliphatic rings. The number of hydrogen-bond acceptors (Lipinski definition) is 4. The van der Waals surface area contributed by atoms with Crippen LogP contribution in [0.25, 0.3) is 0 Å². The third-order valence-corrected chi connectivity index (χ3v) is 2.25. The lowest BCUT2D eigenvalue weighted by molar-refractivity contribution is 0.0776. The first-order chi connectivity index (χ1) is 6.27. The molecule has 1 atom stereocenters. The fourth-order valence-corrected chi connectivity index (χ4v) is 1.51. The number of amides is 1. The zero-order chi connectivity index (χ0) is 9.26. The smallest absolute Gasteiger partial charge is 0.295 e. The summed E-state index contributed by atoms with van der Waals surface area (Å²) in [6.45, 7) is 3.73. The third-order valence-electron chi connectivity index (χ3n) is 2.25. The summed E-state index contributed by atoms with van der Waals surface area (Å²) < 4.78 is 0. The van der Waals surface area contributed by atoms with Gasteiger partial charge in [0.2, 0.25) is 0 Å². The van der Waals surface area contributed by atoms with Crippen LogP contribution in [0.2, 0.25) is 0 Å². The van der Waals surface area contributed by atoms with Crippen LogP contribution in [0.15, 0.2) is 0 Å². The molecule has 1 aromatic heterocycles. The maximum atomic E-state index is 11.6. The standard InChI is InChI=1S/C7H11N5O/c1-5-2-3-12(4-5)7(13)6-8-10-11-9-6/h5H,2-4H2,1H3,(H,8,9,10,11). The van der Waals surface area contributed by atoms with E-state index in [1.165, 1.54) is 0 Å². The summed E-state index contributed by atoms with van der Waals surface area (Å²) in [5.74, 6) is 0.614. The number of aromatic nitrogens is 4. The van der Waals surface area contributed by atoms with E-state index in [-0.39, 0.29) is 11.7 Å². The van der Waals surface area contributed by atoms with E-state index >= 15 is 0 Å². The number of carbonyl (C=O) groups is 1. The Labute approximate surface area is 75.3 Å². The number of likely N-dealkylation sites (tertiary alicyclic amines) is 1. The van der Waals surface area contributed by atoms with E-state index in [0.717, 1.165) is 19.5 Å². The lowest BCUT2D eigenvalue weighted by Gasteiger charge is -2.12. The van der Waals surface area contributed by atoms with Crippen LogP contribution in [-0.4, -0.2) is 44.5 Å². The maximum absolute atomic E-state index is 11.6. The number of tetrazole rings is 1. The van der Waals surface area contributed by atoms with Gasteiger partial charge in [0.1, 0.15) is 0 Å². The first kappa shape index (κ1) is 8.15. The summed E-state index contributed by atoms with van der Waals surface area (Å²) in [4.78, 5) is 13.4. The van der Waals surface area contributed by atoms with Crippen LogP contribution in [0, 0.1) is 5.92 Å². The molecule has 0 spiro atoms. The number of H-pyrrole nitrogens is 1. The van der Waals surface area contributed by atoms with E-state index in [9.17, 15) is 4.79 Å². The Bertz CT molecular complexity index is 296. The molecule has 1 amide bonds. The number of carbonyl (C=O) groups excluding carboxylic acids is 1. The van der Waals surface area contributed by atoms with Crippen molar-refractivity contribution in [2.75, 3.05) is 13.1 Å². The second kappa shape index (κ2) is 3.12. The molecule has 1 unspecified atom stereocenters. The fourth-order valence-electron chi connectivity index (χ4n) is 1.51. The summed E-state index contributed by atoms with van der Waals surface area (Å²) >= 11 is 0. The second-order valence-corrected chi connectivity index (χ2v) is 3.38. The Morgan fingerprint density at radius 1 is 1.69 bits per heavy atom. The highest BCUT2D eigenvalue weighted by Crippen LogP contribution is 2.15. The first-order valence-electron chi connectivity index (χ1n) is 4.30. The molecular weight excluding hydrogens is 170 g/mol. The minimum Gasteiger partial charge on any atom is -0.336 e. The molecular formula is C7H11N5O. The van der Waals surface area contributed by atoms with Crippen molar-refractivity contribution in [1.82, 2.24) is 25.5 Å². The summed E-state index contributed by atoms with van der Waals surface area (Å²) in [5, 5.41) is 12.9. The molecule has 2 rings (SSSR count). The van der Waals surface area contributed by atoms with Crippen LogP contribution in [0.3, 0.4) is 0 Å². The van der Waals surface area contributed by atoms with Gasteiger partial charge in [0.05, 0.1) is 0 Å². The molecule has 6 nitrogen and oxygen atoms in total. The van der Waals surface area contributed by atoms with Gasteiger partial charge in [-0.3, -0.25) is 4.79 Å². The van der Waals surface area contributed by atoms with Gasteiger partial charge in [-0.15, -0.1) is 10.2 Å².